The molecule has 1 N–H and O–H groups in total. The van der Waals surface area contributed by atoms with Gasteiger partial charge in [0.15, 0.2) is 11.2 Å². The average molecular weight is 471 g/mol. The molecule has 9 nitrogen and oxygen atoms in total. The quantitative estimate of drug-likeness (QED) is 0.479. The maximum Gasteiger partial charge on any atom is 0.281 e. The SMILES string of the molecule is Cc1ccc(Cn2nnc3c(=O)[nH]c([C@H]4CCCN(S(=O)(=O)c5cccs5)C4)nc32)cc1. The molecule has 1 aliphatic rings. The highest BCUT2D eigenvalue weighted by Crippen LogP contribution is 2.30. The van der Waals surface area contributed by atoms with Crippen LogP contribution in [0.15, 0.2) is 50.8 Å². The first-order chi connectivity index (χ1) is 15.4. The number of aromatic amines is 1. The van der Waals surface area contributed by atoms with Crippen molar-refractivity contribution in [3.63, 3.8) is 0 Å². The van der Waals surface area contributed by atoms with E-state index in [4.69, 9.17) is 0 Å². The maximum atomic E-state index is 13.0. The second kappa shape index (κ2) is 8.23. The number of aryl methyl sites for hydroxylation is 1. The van der Waals surface area contributed by atoms with Gasteiger partial charge in [-0.1, -0.05) is 41.1 Å². The van der Waals surface area contributed by atoms with Crippen LogP contribution in [0.25, 0.3) is 11.2 Å². The molecule has 0 amide bonds. The van der Waals surface area contributed by atoms with Crippen molar-refractivity contribution in [2.75, 3.05) is 13.1 Å². The van der Waals surface area contributed by atoms with Crippen LogP contribution in [0.2, 0.25) is 0 Å². The molecule has 1 aliphatic heterocycles. The van der Waals surface area contributed by atoms with Crippen LogP contribution >= 0.6 is 11.3 Å². The maximum absolute atomic E-state index is 13.0. The zero-order valence-corrected chi connectivity index (χ0v) is 19.1. The lowest BCUT2D eigenvalue weighted by Gasteiger charge is -2.30. The first kappa shape index (κ1) is 21.0. The van der Waals surface area contributed by atoms with Gasteiger partial charge in [0.1, 0.15) is 10.0 Å². The van der Waals surface area contributed by atoms with Gasteiger partial charge in [-0.05, 0) is 36.8 Å². The predicted octanol–water partition coefficient (Wildman–Crippen LogP) is 2.50. The van der Waals surface area contributed by atoms with Crippen LogP contribution in [0.3, 0.4) is 0 Å². The van der Waals surface area contributed by atoms with Crippen molar-refractivity contribution < 1.29 is 8.42 Å². The topological polar surface area (TPSA) is 114 Å². The Morgan fingerprint density at radius 1 is 1.22 bits per heavy atom. The Labute approximate surface area is 188 Å². The van der Waals surface area contributed by atoms with Gasteiger partial charge < -0.3 is 4.98 Å². The van der Waals surface area contributed by atoms with E-state index in [-0.39, 0.29) is 23.5 Å². The largest absolute Gasteiger partial charge is 0.308 e. The lowest BCUT2D eigenvalue weighted by Crippen LogP contribution is -2.39. The number of piperidine rings is 1. The highest BCUT2D eigenvalue weighted by Gasteiger charge is 2.33. The number of hydrogen-bond acceptors (Lipinski definition) is 7. The molecule has 3 aromatic heterocycles. The van der Waals surface area contributed by atoms with Gasteiger partial charge in [0.2, 0.25) is 0 Å². The summed E-state index contributed by atoms with van der Waals surface area (Å²) in [6.07, 6.45) is 1.43. The summed E-state index contributed by atoms with van der Waals surface area (Å²) in [5.41, 5.74) is 2.41. The summed E-state index contributed by atoms with van der Waals surface area (Å²) >= 11 is 1.21. The molecule has 1 fully saturated rings. The van der Waals surface area contributed by atoms with Gasteiger partial charge in [0.25, 0.3) is 15.6 Å². The molecular weight excluding hydrogens is 448 g/mol. The molecule has 1 atom stereocenters. The van der Waals surface area contributed by atoms with Crippen molar-refractivity contribution >= 4 is 32.5 Å². The Balaban J connectivity index is 1.46. The van der Waals surface area contributed by atoms with Crippen LogP contribution < -0.4 is 5.56 Å². The van der Waals surface area contributed by atoms with E-state index < -0.39 is 10.0 Å². The van der Waals surface area contributed by atoms with Gasteiger partial charge in [-0.25, -0.2) is 18.1 Å². The first-order valence-corrected chi connectivity index (χ1v) is 12.7. The molecule has 32 heavy (non-hydrogen) atoms. The number of H-pyrrole nitrogens is 1. The first-order valence-electron chi connectivity index (χ1n) is 10.3. The number of hydrogen-bond donors (Lipinski definition) is 1. The molecule has 0 radical (unpaired) electrons. The fourth-order valence-corrected chi connectivity index (χ4v) is 6.64. The molecule has 1 saturated heterocycles. The van der Waals surface area contributed by atoms with E-state index in [1.807, 2.05) is 31.2 Å². The molecule has 0 spiro atoms. The lowest BCUT2D eigenvalue weighted by molar-refractivity contribution is 0.309. The smallest absolute Gasteiger partial charge is 0.281 e. The van der Waals surface area contributed by atoms with Gasteiger partial charge in [-0.3, -0.25) is 4.79 Å². The molecule has 5 rings (SSSR count). The van der Waals surface area contributed by atoms with Crippen LogP contribution in [0.5, 0.6) is 0 Å². The summed E-state index contributed by atoms with van der Waals surface area (Å²) in [7, 11) is -3.55. The normalized spacial score (nSPS) is 17.7. The molecule has 11 heteroatoms. The van der Waals surface area contributed by atoms with Gasteiger partial charge in [-0.2, -0.15) is 4.31 Å². The summed E-state index contributed by atoms with van der Waals surface area (Å²) < 4.78 is 29.4. The predicted molar refractivity (Wildman–Crippen MR) is 121 cm³/mol. The molecule has 0 bridgehead atoms. The molecule has 166 valence electrons. The summed E-state index contributed by atoms with van der Waals surface area (Å²) in [5.74, 6) is 0.263. The zero-order valence-electron chi connectivity index (χ0n) is 17.4. The van der Waals surface area contributed by atoms with E-state index in [0.717, 1.165) is 17.5 Å². The zero-order chi connectivity index (χ0) is 22.3. The van der Waals surface area contributed by atoms with Crippen LogP contribution in [0, 0.1) is 6.92 Å². The highest BCUT2D eigenvalue weighted by atomic mass is 32.2. The van der Waals surface area contributed by atoms with E-state index >= 15 is 0 Å². The molecule has 0 saturated carbocycles. The van der Waals surface area contributed by atoms with E-state index in [0.29, 0.717) is 35.2 Å². The minimum absolute atomic E-state index is 0.180. The number of rotatable bonds is 5. The van der Waals surface area contributed by atoms with Crippen molar-refractivity contribution in [2.24, 2.45) is 0 Å². The Kier molecular flexibility index (Phi) is 5.39. The number of thiophene rings is 1. The summed E-state index contributed by atoms with van der Waals surface area (Å²) in [5, 5.41) is 9.89. The van der Waals surface area contributed by atoms with Crippen molar-refractivity contribution in [1.29, 1.82) is 0 Å². The molecule has 1 aromatic carbocycles. The van der Waals surface area contributed by atoms with E-state index in [9.17, 15) is 13.2 Å². The Hall–Kier alpha value is -2.89. The number of nitrogens with one attached hydrogen (secondary N) is 1. The van der Waals surface area contributed by atoms with Crippen LogP contribution in [-0.4, -0.2) is 50.8 Å². The average Bonchev–Trinajstić information content (AvgIpc) is 3.47. The molecule has 0 aliphatic carbocycles. The van der Waals surface area contributed by atoms with Crippen molar-refractivity contribution in [1.82, 2.24) is 29.3 Å². The summed E-state index contributed by atoms with van der Waals surface area (Å²) in [6.45, 7) is 3.19. The van der Waals surface area contributed by atoms with Crippen LogP contribution in [-0.2, 0) is 16.6 Å². The summed E-state index contributed by atoms with van der Waals surface area (Å²) in [4.78, 5) is 20.2. The van der Waals surface area contributed by atoms with Crippen LogP contribution in [0.4, 0.5) is 0 Å². The fourth-order valence-electron chi connectivity index (χ4n) is 3.97. The number of nitrogens with zero attached hydrogens (tertiary/aromatic N) is 5. The summed E-state index contributed by atoms with van der Waals surface area (Å²) in [6, 6.07) is 11.4. The standard InChI is InChI=1S/C21H22N6O3S2/c1-14-6-8-15(9-7-14)12-27-20-18(24-25-27)21(28)23-19(22-20)16-4-2-10-26(13-16)32(29,30)17-5-3-11-31-17/h3,5-9,11,16H,2,4,10,12-13H2,1H3,(H,22,23,28)/t16-/m0/s1. The third-order valence-corrected chi connectivity index (χ3v) is 8.94. The van der Waals surface area contributed by atoms with E-state index in [1.165, 1.54) is 15.6 Å². The minimum atomic E-state index is -3.55. The number of aromatic nitrogens is 5. The second-order valence-corrected chi connectivity index (χ2v) is 11.1. The third-order valence-electron chi connectivity index (χ3n) is 5.71. The third kappa shape index (κ3) is 3.87. The van der Waals surface area contributed by atoms with Gasteiger partial charge >= 0.3 is 0 Å². The molecule has 4 heterocycles. The van der Waals surface area contributed by atoms with Gasteiger partial charge in [-0.15, -0.1) is 16.4 Å². The van der Waals surface area contributed by atoms with Crippen molar-refractivity contribution in [3.8, 4) is 0 Å². The molecule has 4 aromatic rings. The monoisotopic (exact) mass is 470 g/mol. The number of fused-ring (bicyclic) bond motifs is 1. The molecular formula is C21H22N6O3S2. The molecule has 0 unspecified atom stereocenters. The Bertz CT molecular complexity index is 1410. The van der Waals surface area contributed by atoms with Gasteiger partial charge in [0.05, 0.1) is 6.54 Å². The minimum Gasteiger partial charge on any atom is -0.308 e. The fraction of sp³-hybridized carbons (Fsp3) is 0.333. The Morgan fingerprint density at radius 3 is 2.78 bits per heavy atom. The van der Waals surface area contributed by atoms with Crippen LogP contribution in [0.1, 0.15) is 35.7 Å². The number of benzene rings is 1. The Morgan fingerprint density at radius 2 is 2.03 bits per heavy atom. The highest BCUT2D eigenvalue weighted by molar-refractivity contribution is 7.91. The lowest BCUT2D eigenvalue weighted by atomic mass is 9.99. The van der Waals surface area contributed by atoms with Crippen molar-refractivity contribution in [2.45, 2.75) is 36.4 Å². The number of sulfonamides is 1. The van der Waals surface area contributed by atoms with Gasteiger partial charge in [0, 0.05) is 19.0 Å². The van der Waals surface area contributed by atoms with E-state index in [1.54, 1.807) is 22.2 Å². The van der Waals surface area contributed by atoms with E-state index in [2.05, 4.69) is 20.3 Å². The second-order valence-electron chi connectivity index (χ2n) is 7.99. The van der Waals surface area contributed by atoms with Crippen molar-refractivity contribution in [3.05, 3.63) is 69.1 Å².